The van der Waals surface area contributed by atoms with Crippen molar-refractivity contribution in [1.82, 2.24) is 5.32 Å². The molecule has 4 heteroatoms. The third-order valence-corrected chi connectivity index (χ3v) is 2.28. The van der Waals surface area contributed by atoms with Crippen molar-refractivity contribution in [2.75, 3.05) is 5.88 Å². The van der Waals surface area contributed by atoms with Crippen LogP contribution < -0.4 is 5.32 Å². The van der Waals surface area contributed by atoms with Crippen molar-refractivity contribution in [3.63, 3.8) is 0 Å². The zero-order chi connectivity index (χ0) is 11.3. The Morgan fingerprint density at radius 1 is 1.53 bits per heavy atom. The van der Waals surface area contributed by atoms with Crippen molar-refractivity contribution in [2.45, 2.75) is 13.0 Å². The van der Waals surface area contributed by atoms with Gasteiger partial charge in [0.15, 0.2) is 0 Å². The van der Waals surface area contributed by atoms with Crippen LogP contribution >= 0.6 is 11.6 Å². The molecule has 15 heavy (non-hydrogen) atoms. The molecule has 78 valence electrons. The summed E-state index contributed by atoms with van der Waals surface area (Å²) in [5, 5.41) is 11.3. The molecule has 0 fully saturated rings. The number of benzene rings is 1. The molecule has 1 rings (SSSR count). The Labute approximate surface area is 93.7 Å². The van der Waals surface area contributed by atoms with Gasteiger partial charge in [0.25, 0.3) is 0 Å². The van der Waals surface area contributed by atoms with Gasteiger partial charge in [0, 0.05) is 0 Å². The minimum absolute atomic E-state index is 0.0411. The molecule has 0 saturated heterocycles. The molecule has 1 aromatic rings. The molecule has 0 aliphatic rings. The maximum atomic E-state index is 11.0. The number of rotatable bonds is 3. The lowest BCUT2D eigenvalue weighted by Crippen LogP contribution is -2.27. The van der Waals surface area contributed by atoms with Gasteiger partial charge in [-0.25, -0.2) is 0 Å². The zero-order valence-electron chi connectivity index (χ0n) is 8.33. The van der Waals surface area contributed by atoms with E-state index in [0.29, 0.717) is 5.56 Å². The molecule has 1 atom stereocenters. The molecule has 0 heterocycles. The number of nitrogens with zero attached hydrogens (tertiary/aromatic N) is 1. The predicted octanol–water partition coefficient (Wildman–Crippen LogP) is 1.97. The minimum Gasteiger partial charge on any atom is -0.349 e. The summed E-state index contributed by atoms with van der Waals surface area (Å²) >= 11 is 5.38. The molecule has 0 unspecified atom stereocenters. The Morgan fingerprint density at radius 3 is 2.60 bits per heavy atom. The van der Waals surface area contributed by atoms with Crippen LogP contribution in [0.2, 0.25) is 0 Å². The van der Waals surface area contributed by atoms with E-state index in [0.717, 1.165) is 5.56 Å². The molecule has 3 nitrogen and oxygen atoms in total. The highest BCUT2D eigenvalue weighted by Gasteiger charge is 2.07. The van der Waals surface area contributed by atoms with Crippen molar-refractivity contribution < 1.29 is 4.79 Å². The fraction of sp³-hybridized carbons (Fsp3) is 0.273. The number of amides is 1. The Hall–Kier alpha value is -1.53. The van der Waals surface area contributed by atoms with E-state index in [-0.39, 0.29) is 17.8 Å². The Morgan fingerprint density at radius 2 is 2.13 bits per heavy atom. The lowest BCUT2D eigenvalue weighted by atomic mass is 10.1. The summed E-state index contributed by atoms with van der Waals surface area (Å²) in [6.07, 6.45) is 0. The Kier molecular flexibility index (Phi) is 4.14. The molecule has 0 aliphatic heterocycles. The first-order valence-corrected chi connectivity index (χ1v) is 5.06. The molecule has 0 aliphatic carbocycles. The molecule has 0 bridgehead atoms. The molecular weight excluding hydrogens is 212 g/mol. The first kappa shape index (κ1) is 11.5. The van der Waals surface area contributed by atoms with Crippen molar-refractivity contribution >= 4 is 17.5 Å². The lowest BCUT2D eigenvalue weighted by Gasteiger charge is -2.13. The van der Waals surface area contributed by atoms with Crippen LogP contribution in [0, 0.1) is 11.3 Å². The van der Waals surface area contributed by atoms with Gasteiger partial charge in [-0.05, 0) is 24.6 Å². The summed E-state index contributed by atoms with van der Waals surface area (Å²) in [7, 11) is 0. The first-order valence-electron chi connectivity index (χ1n) is 4.52. The summed E-state index contributed by atoms with van der Waals surface area (Å²) in [6, 6.07) is 9.02. The number of carbonyl (C=O) groups excluding carboxylic acids is 1. The number of hydrogen-bond donors (Lipinski definition) is 1. The predicted molar refractivity (Wildman–Crippen MR) is 58.4 cm³/mol. The SMILES string of the molecule is C[C@@H](NC(=O)CCl)c1ccc(C#N)cc1. The number of alkyl halides is 1. The molecule has 0 spiro atoms. The molecule has 1 aromatic carbocycles. The summed E-state index contributed by atoms with van der Waals surface area (Å²) in [6.45, 7) is 1.87. The van der Waals surface area contributed by atoms with Crippen molar-refractivity contribution in [1.29, 1.82) is 5.26 Å². The van der Waals surface area contributed by atoms with Gasteiger partial charge in [0.05, 0.1) is 17.7 Å². The zero-order valence-corrected chi connectivity index (χ0v) is 9.08. The fourth-order valence-corrected chi connectivity index (χ4v) is 1.29. The van der Waals surface area contributed by atoms with Crippen LogP contribution in [0.25, 0.3) is 0 Å². The van der Waals surface area contributed by atoms with Crippen LogP contribution in [0.15, 0.2) is 24.3 Å². The highest BCUT2D eigenvalue weighted by molar-refractivity contribution is 6.27. The number of nitrogens with one attached hydrogen (secondary N) is 1. The van der Waals surface area contributed by atoms with E-state index < -0.39 is 0 Å². The topological polar surface area (TPSA) is 52.9 Å². The Balaban J connectivity index is 2.70. The number of nitriles is 1. The second-order valence-electron chi connectivity index (χ2n) is 3.16. The van der Waals surface area contributed by atoms with E-state index in [4.69, 9.17) is 16.9 Å². The van der Waals surface area contributed by atoms with Crippen molar-refractivity contribution in [2.24, 2.45) is 0 Å². The van der Waals surface area contributed by atoms with Crippen LogP contribution in [-0.2, 0) is 4.79 Å². The Bertz CT molecular complexity index is 381. The minimum atomic E-state index is -0.200. The fourth-order valence-electron chi connectivity index (χ4n) is 1.21. The number of hydrogen-bond acceptors (Lipinski definition) is 2. The number of carbonyl (C=O) groups is 1. The molecule has 1 amide bonds. The van der Waals surface area contributed by atoms with E-state index in [1.165, 1.54) is 0 Å². The second-order valence-corrected chi connectivity index (χ2v) is 3.42. The van der Waals surface area contributed by atoms with Gasteiger partial charge < -0.3 is 5.32 Å². The maximum Gasteiger partial charge on any atom is 0.235 e. The average molecular weight is 223 g/mol. The van der Waals surface area contributed by atoms with Gasteiger partial charge in [0.2, 0.25) is 5.91 Å². The lowest BCUT2D eigenvalue weighted by molar-refractivity contribution is -0.119. The molecule has 1 N–H and O–H groups in total. The second kappa shape index (κ2) is 5.38. The third kappa shape index (κ3) is 3.26. The van der Waals surface area contributed by atoms with Gasteiger partial charge in [-0.1, -0.05) is 12.1 Å². The first-order chi connectivity index (χ1) is 7.17. The van der Waals surface area contributed by atoms with Gasteiger partial charge >= 0.3 is 0 Å². The molecular formula is C11H11ClN2O. The number of halogens is 1. The van der Waals surface area contributed by atoms with E-state index in [1.807, 2.05) is 25.1 Å². The quantitative estimate of drug-likeness (QED) is 0.795. The van der Waals surface area contributed by atoms with Gasteiger partial charge in [-0.15, -0.1) is 11.6 Å². The molecule has 0 radical (unpaired) electrons. The van der Waals surface area contributed by atoms with E-state index in [9.17, 15) is 4.79 Å². The van der Waals surface area contributed by atoms with Crippen LogP contribution in [0.3, 0.4) is 0 Å². The van der Waals surface area contributed by atoms with E-state index >= 15 is 0 Å². The highest BCUT2D eigenvalue weighted by atomic mass is 35.5. The van der Waals surface area contributed by atoms with E-state index in [2.05, 4.69) is 5.32 Å². The van der Waals surface area contributed by atoms with Crippen molar-refractivity contribution in [3.8, 4) is 6.07 Å². The van der Waals surface area contributed by atoms with Crippen LogP contribution in [0.5, 0.6) is 0 Å². The van der Waals surface area contributed by atoms with Gasteiger partial charge in [-0.2, -0.15) is 5.26 Å². The van der Waals surface area contributed by atoms with Gasteiger partial charge in [-0.3, -0.25) is 4.79 Å². The van der Waals surface area contributed by atoms with Crippen LogP contribution in [0.1, 0.15) is 24.1 Å². The van der Waals surface area contributed by atoms with Gasteiger partial charge in [0.1, 0.15) is 5.88 Å². The summed E-state index contributed by atoms with van der Waals surface area (Å²) in [4.78, 5) is 11.0. The summed E-state index contributed by atoms with van der Waals surface area (Å²) in [5.74, 6) is -0.241. The summed E-state index contributed by atoms with van der Waals surface area (Å²) < 4.78 is 0. The van der Waals surface area contributed by atoms with Crippen LogP contribution in [0.4, 0.5) is 0 Å². The molecule has 0 aromatic heterocycles. The molecule has 0 saturated carbocycles. The van der Waals surface area contributed by atoms with Crippen LogP contribution in [-0.4, -0.2) is 11.8 Å². The highest BCUT2D eigenvalue weighted by Crippen LogP contribution is 2.12. The average Bonchev–Trinajstić information content (AvgIpc) is 2.29. The third-order valence-electron chi connectivity index (χ3n) is 2.04. The largest absolute Gasteiger partial charge is 0.349 e. The van der Waals surface area contributed by atoms with E-state index in [1.54, 1.807) is 12.1 Å². The smallest absolute Gasteiger partial charge is 0.235 e. The standard InChI is InChI=1S/C11H11ClN2O/c1-8(14-11(15)6-12)10-4-2-9(7-13)3-5-10/h2-5,8H,6H2,1H3,(H,14,15)/t8-/m1/s1. The normalized spacial score (nSPS) is 11.5. The monoisotopic (exact) mass is 222 g/mol. The maximum absolute atomic E-state index is 11.0. The van der Waals surface area contributed by atoms with Crippen molar-refractivity contribution in [3.05, 3.63) is 35.4 Å². The summed E-state index contributed by atoms with van der Waals surface area (Å²) in [5.41, 5.74) is 1.56.